The Bertz CT molecular complexity index is 800. The number of methoxy groups -OCH3 is 1. The molecule has 2 heterocycles. The number of nitrogens with zero attached hydrogens (tertiary/aromatic N) is 2. The van der Waals surface area contributed by atoms with Crippen LogP contribution in [-0.2, 0) is 17.8 Å². The van der Waals surface area contributed by atoms with E-state index in [1.807, 2.05) is 36.7 Å². The maximum absolute atomic E-state index is 11.7. The first-order chi connectivity index (χ1) is 13.7. The molecular weight excluding hydrogens is 362 g/mol. The average Bonchev–Trinajstić information content (AvgIpc) is 2.66. The second-order valence-corrected chi connectivity index (χ2v) is 9.40. The third kappa shape index (κ3) is 5.87. The highest BCUT2D eigenvalue weighted by molar-refractivity contribution is 5.89. The van der Waals surface area contributed by atoms with Gasteiger partial charge in [0, 0.05) is 42.6 Å². The smallest absolute Gasteiger partial charge is 0.337 e. The molecule has 1 fully saturated rings. The molecule has 0 saturated carbocycles. The molecule has 0 spiro atoms. The van der Waals surface area contributed by atoms with E-state index in [9.17, 15) is 4.79 Å². The lowest BCUT2D eigenvalue weighted by Crippen LogP contribution is -2.62. The Kier molecular flexibility index (Phi) is 6.39. The average molecular weight is 396 g/mol. The Morgan fingerprint density at radius 1 is 1.00 bits per heavy atom. The molecule has 2 aromatic rings. The fourth-order valence-corrected chi connectivity index (χ4v) is 4.66. The second kappa shape index (κ2) is 8.64. The van der Waals surface area contributed by atoms with Crippen LogP contribution in [0.3, 0.4) is 0 Å². The van der Waals surface area contributed by atoms with Crippen molar-refractivity contribution in [3.05, 3.63) is 65.5 Å². The van der Waals surface area contributed by atoms with Gasteiger partial charge < -0.3 is 10.1 Å². The van der Waals surface area contributed by atoms with Gasteiger partial charge in [0.25, 0.3) is 0 Å². The van der Waals surface area contributed by atoms with Crippen molar-refractivity contribution in [2.75, 3.05) is 7.11 Å². The summed E-state index contributed by atoms with van der Waals surface area (Å²) in [5.41, 5.74) is 3.21. The van der Waals surface area contributed by atoms with Crippen LogP contribution in [0, 0.1) is 0 Å². The molecular formula is C24H33N3O2. The predicted molar refractivity (Wildman–Crippen MR) is 116 cm³/mol. The third-order valence-electron chi connectivity index (χ3n) is 5.58. The minimum Gasteiger partial charge on any atom is -0.465 e. The van der Waals surface area contributed by atoms with E-state index in [2.05, 4.69) is 55.0 Å². The summed E-state index contributed by atoms with van der Waals surface area (Å²) in [7, 11) is 1.41. The van der Waals surface area contributed by atoms with Crippen LogP contribution in [-0.4, -0.2) is 40.1 Å². The van der Waals surface area contributed by atoms with Gasteiger partial charge >= 0.3 is 5.97 Å². The van der Waals surface area contributed by atoms with Crippen LogP contribution in [0.2, 0.25) is 0 Å². The van der Waals surface area contributed by atoms with Crippen molar-refractivity contribution in [1.82, 2.24) is 15.2 Å². The number of benzene rings is 1. The van der Waals surface area contributed by atoms with Crippen molar-refractivity contribution < 1.29 is 9.53 Å². The summed E-state index contributed by atoms with van der Waals surface area (Å²) in [6, 6.07) is 12.4. The SMILES string of the molecule is COC(=O)c1ccc(CN(Cc2ccncc2)C2CC(C)(C)NC(C)(C)C2)cc1. The highest BCUT2D eigenvalue weighted by Crippen LogP contribution is 2.33. The molecule has 1 N–H and O–H groups in total. The summed E-state index contributed by atoms with van der Waals surface area (Å²) >= 11 is 0. The molecule has 156 valence electrons. The zero-order chi connectivity index (χ0) is 21.1. The normalized spacial score (nSPS) is 18.6. The van der Waals surface area contributed by atoms with Crippen LogP contribution in [0.1, 0.15) is 62.0 Å². The van der Waals surface area contributed by atoms with Gasteiger partial charge in [0.2, 0.25) is 0 Å². The van der Waals surface area contributed by atoms with Gasteiger partial charge in [-0.1, -0.05) is 12.1 Å². The number of pyridine rings is 1. The van der Waals surface area contributed by atoms with E-state index in [1.54, 1.807) is 0 Å². The minimum atomic E-state index is -0.299. The zero-order valence-electron chi connectivity index (χ0n) is 18.2. The lowest BCUT2D eigenvalue weighted by Gasteiger charge is -2.49. The van der Waals surface area contributed by atoms with E-state index in [-0.39, 0.29) is 17.0 Å². The number of ether oxygens (including phenoxy) is 1. The summed E-state index contributed by atoms with van der Waals surface area (Å²) in [4.78, 5) is 18.5. The summed E-state index contributed by atoms with van der Waals surface area (Å²) < 4.78 is 4.81. The van der Waals surface area contributed by atoms with Crippen LogP contribution in [0.15, 0.2) is 48.8 Å². The molecule has 0 atom stereocenters. The van der Waals surface area contributed by atoms with Gasteiger partial charge in [-0.15, -0.1) is 0 Å². The number of esters is 1. The van der Waals surface area contributed by atoms with E-state index >= 15 is 0 Å². The first-order valence-electron chi connectivity index (χ1n) is 10.3. The quantitative estimate of drug-likeness (QED) is 0.744. The van der Waals surface area contributed by atoms with Crippen LogP contribution in [0.4, 0.5) is 0 Å². The topological polar surface area (TPSA) is 54.5 Å². The first-order valence-corrected chi connectivity index (χ1v) is 10.3. The molecule has 0 bridgehead atoms. The number of rotatable bonds is 6. The van der Waals surface area contributed by atoms with Crippen molar-refractivity contribution in [2.24, 2.45) is 0 Å². The Balaban J connectivity index is 1.84. The molecule has 0 amide bonds. The fraction of sp³-hybridized carbons (Fsp3) is 0.500. The Labute approximate surface area is 174 Å². The summed E-state index contributed by atoms with van der Waals surface area (Å²) in [5, 5.41) is 3.78. The molecule has 1 aliphatic rings. The van der Waals surface area contributed by atoms with Crippen molar-refractivity contribution in [3.8, 4) is 0 Å². The Hall–Kier alpha value is -2.24. The largest absolute Gasteiger partial charge is 0.465 e. The Morgan fingerprint density at radius 2 is 1.52 bits per heavy atom. The third-order valence-corrected chi connectivity index (χ3v) is 5.58. The van der Waals surface area contributed by atoms with E-state index < -0.39 is 0 Å². The lowest BCUT2D eigenvalue weighted by molar-refractivity contribution is 0.0561. The zero-order valence-corrected chi connectivity index (χ0v) is 18.2. The molecule has 29 heavy (non-hydrogen) atoms. The molecule has 0 radical (unpaired) electrons. The van der Waals surface area contributed by atoms with Crippen LogP contribution in [0.25, 0.3) is 0 Å². The van der Waals surface area contributed by atoms with Gasteiger partial charge in [0.15, 0.2) is 0 Å². The van der Waals surface area contributed by atoms with Gasteiger partial charge in [-0.3, -0.25) is 9.88 Å². The summed E-state index contributed by atoms with van der Waals surface area (Å²) in [6.07, 6.45) is 5.88. The van der Waals surface area contributed by atoms with Gasteiger partial charge in [-0.05, 0) is 75.9 Å². The monoisotopic (exact) mass is 395 g/mol. The van der Waals surface area contributed by atoms with Crippen molar-refractivity contribution >= 4 is 5.97 Å². The maximum Gasteiger partial charge on any atom is 0.337 e. The van der Waals surface area contributed by atoms with E-state index in [1.165, 1.54) is 18.2 Å². The number of piperidine rings is 1. The standard InChI is InChI=1S/C24H33N3O2/c1-23(2)14-21(15-24(3,4)26-23)27(17-19-10-12-25-13-11-19)16-18-6-8-20(9-7-18)22(28)29-5/h6-13,21,26H,14-17H2,1-5H3. The molecule has 1 aromatic carbocycles. The van der Waals surface area contributed by atoms with Gasteiger partial charge in [-0.25, -0.2) is 4.79 Å². The molecule has 0 unspecified atom stereocenters. The fourth-order valence-electron chi connectivity index (χ4n) is 4.66. The number of aromatic nitrogens is 1. The molecule has 0 aliphatic carbocycles. The lowest BCUT2D eigenvalue weighted by atomic mass is 9.78. The first kappa shape index (κ1) is 21.5. The number of nitrogens with one attached hydrogen (secondary N) is 1. The molecule has 1 aliphatic heterocycles. The summed E-state index contributed by atoms with van der Waals surface area (Å²) in [6.45, 7) is 10.9. The predicted octanol–water partition coefficient (Wildman–Crippen LogP) is 4.18. The van der Waals surface area contributed by atoms with Crippen molar-refractivity contribution in [3.63, 3.8) is 0 Å². The highest BCUT2D eigenvalue weighted by Gasteiger charge is 2.39. The van der Waals surface area contributed by atoms with Gasteiger partial charge in [0.1, 0.15) is 0 Å². The van der Waals surface area contributed by atoms with Crippen LogP contribution in [0.5, 0.6) is 0 Å². The minimum absolute atomic E-state index is 0.0810. The maximum atomic E-state index is 11.7. The Morgan fingerprint density at radius 3 is 2.03 bits per heavy atom. The molecule has 5 nitrogen and oxygen atoms in total. The van der Waals surface area contributed by atoms with Gasteiger partial charge in [0.05, 0.1) is 12.7 Å². The van der Waals surface area contributed by atoms with Crippen molar-refractivity contribution in [1.29, 1.82) is 0 Å². The van der Waals surface area contributed by atoms with E-state index in [0.29, 0.717) is 11.6 Å². The van der Waals surface area contributed by atoms with Crippen LogP contribution >= 0.6 is 0 Å². The van der Waals surface area contributed by atoms with E-state index in [0.717, 1.165) is 25.9 Å². The van der Waals surface area contributed by atoms with Gasteiger partial charge in [-0.2, -0.15) is 0 Å². The second-order valence-electron chi connectivity index (χ2n) is 9.40. The van der Waals surface area contributed by atoms with E-state index in [4.69, 9.17) is 4.74 Å². The number of carbonyl (C=O) groups is 1. The molecule has 5 heteroatoms. The number of carbonyl (C=O) groups excluding carboxylic acids is 1. The number of hydrogen-bond acceptors (Lipinski definition) is 5. The number of hydrogen-bond donors (Lipinski definition) is 1. The molecule has 3 rings (SSSR count). The highest BCUT2D eigenvalue weighted by atomic mass is 16.5. The van der Waals surface area contributed by atoms with Crippen LogP contribution < -0.4 is 5.32 Å². The molecule has 1 saturated heterocycles. The summed E-state index contributed by atoms with van der Waals surface area (Å²) in [5.74, 6) is -0.299. The molecule has 1 aromatic heterocycles. The van der Waals surface area contributed by atoms with Crippen molar-refractivity contribution in [2.45, 2.75) is 70.7 Å².